The third-order valence-corrected chi connectivity index (χ3v) is 9.54. The lowest BCUT2D eigenvalue weighted by molar-refractivity contribution is -0.146. The molecule has 5 fully saturated rings. The third-order valence-electron chi connectivity index (χ3n) is 9.54. The Morgan fingerprint density at radius 2 is 1.47 bits per heavy atom. The van der Waals surface area contributed by atoms with Crippen LogP contribution in [0.3, 0.4) is 0 Å². The van der Waals surface area contributed by atoms with E-state index in [-0.39, 0.29) is 11.3 Å². The molecular formula is C25H41N3O2. The van der Waals surface area contributed by atoms with Crippen LogP contribution < -0.4 is 5.32 Å². The van der Waals surface area contributed by atoms with Crippen molar-refractivity contribution in [1.82, 2.24) is 15.1 Å². The molecule has 0 aromatic carbocycles. The molecule has 6 unspecified atom stereocenters. The normalized spacial score (nSPS) is 40.7. The molecule has 0 spiro atoms. The molecule has 30 heavy (non-hydrogen) atoms. The molecule has 1 N–H and O–H groups in total. The summed E-state index contributed by atoms with van der Waals surface area (Å²) >= 11 is 0. The lowest BCUT2D eigenvalue weighted by Crippen LogP contribution is -2.54. The molecule has 2 heterocycles. The molecule has 6 atom stereocenters. The van der Waals surface area contributed by atoms with Crippen molar-refractivity contribution >= 4 is 11.8 Å². The summed E-state index contributed by atoms with van der Waals surface area (Å²) in [4.78, 5) is 29.9. The van der Waals surface area contributed by atoms with E-state index in [9.17, 15) is 9.59 Å². The smallest absolute Gasteiger partial charge is 0.228 e. The summed E-state index contributed by atoms with van der Waals surface area (Å²) in [5.74, 6) is 4.00. The second-order valence-corrected chi connectivity index (χ2v) is 11.5. The lowest BCUT2D eigenvalue weighted by Gasteiger charge is -2.43. The van der Waals surface area contributed by atoms with E-state index in [1.54, 1.807) is 0 Å². The summed E-state index contributed by atoms with van der Waals surface area (Å²) < 4.78 is 0. The largest absolute Gasteiger partial charge is 0.339 e. The highest BCUT2D eigenvalue weighted by Gasteiger charge is 2.48. The van der Waals surface area contributed by atoms with Crippen molar-refractivity contribution in [2.45, 2.75) is 77.7 Å². The van der Waals surface area contributed by atoms with Crippen LogP contribution in [0.25, 0.3) is 0 Å². The van der Waals surface area contributed by atoms with Gasteiger partial charge in [-0.2, -0.15) is 0 Å². The Morgan fingerprint density at radius 3 is 2.17 bits per heavy atom. The van der Waals surface area contributed by atoms with Gasteiger partial charge >= 0.3 is 0 Å². The van der Waals surface area contributed by atoms with E-state index in [0.717, 1.165) is 69.2 Å². The Bertz CT molecular complexity index is 667. The molecule has 3 aliphatic carbocycles. The number of hydrogen-bond acceptors (Lipinski definition) is 3. The van der Waals surface area contributed by atoms with Crippen molar-refractivity contribution in [3.05, 3.63) is 0 Å². The first kappa shape index (κ1) is 20.8. The van der Waals surface area contributed by atoms with Gasteiger partial charge in [0.25, 0.3) is 0 Å². The maximum absolute atomic E-state index is 13.3. The fourth-order valence-electron chi connectivity index (χ4n) is 7.12. The van der Waals surface area contributed by atoms with Crippen LogP contribution in [0.1, 0.15) is 71.6 Å². The first-order valence-electron chi connectivity index (χ1n) is 12.8. The zero-order chi connectivity index (χ0) is 20.9. The van der Waals surface area contributed by atoms with E-state index < -0.39 is 0 Å². The summed E-state index contributed by atoms with van der Waals surface area (Å²) in [7, 11) is 0. The topological polar surface area (TPSA) is 52.7 Å². The monoisotopic (exact) mass is 415 g/mol. The Balaban J connectivity index is 1.11. The molecule has 5 nitrogen and oxygen atoms in total. The molecule has 2 aliphatic heterocycles. The SMILES string of the molecule is CC1CC(C2CCC3CCNC3C2)CCC1C(=O)N1CCN(C(=O)C2(C)CC2)CC1. The van der Waals surface area contributed by atoms with E-state index in [0.29, 0.717) is 17.7 Å². The maximum Gasteiger partial charge on any atom is 0.228 e. The average molecular weight is 416 g/mol. The fourth-order valence-corrected chi connectivity index (χ4v) is 7.12. The van der Waals surface area contributed by atoms with Crippen molar-refractivity contribution < 1.29 is 9.59 Å². The van der Waals surface area contributed by atoms with Gasteiger partial charge in [-0.05, 0) is 88.0 Å². The summed E-state index contributed by atoms with van der Waals surface area (Å²) in [6.45, 7) is 8.53. The zero-order valence-electron chi connectivity index (χ0n) is 19.1. The predicted octanol–water partition coefficient (Wildman–Crippen LogP) is 3.29. The van der Waals surface area contributed by atoms with Gasteiger partial charge in [0.2, 0.25) is 11.8 Å². The fraction of sp³-hybridized carbons (Fsp3) is 0.920. The molecule has 168 valence electrons. The van der Waals surface area contributed by atoms with Crippen LogP contribution in [0.4, 0.5) is 0 Å². The maximum atomic E-state index is 13.3. The summed E-state index contributed by atoms with van der Waals surface area (Å²) in [5.41, 5.74) is -0.0910. The van der Waals surface area contributed by atoms with Gasteiger partial charge in [-0.1, -0.05) is 13.8 Å². The zero-order valence-corrected chi connectivity index (χ0v) is 19.1. The quantitative estimate of drug-likeness (QED) is 0.770. The van der Waals surface area contributed by atoms with Gasteiger partial charge in [-0.3, -0.25) is 9.59 Å². The van der Waals surface area contributed by atoms with Crippen LogP contribution in [0.2, 0.25) is 0 Å². The molecule has 2 amide bonds. The van der Waals surface area contributed by atoms with Crippen molar-refractivity contribution in [2.24, 2.45) is 35.0 Å². The standard InChI is InChI=1S/C25H41N3O2/c1-17-15-19(20-4-3-18-7-10-26-22(18)16-20)5-6-21(17)23(29)27-11-13-28(14-12-27)24(30)25(2)8-9-25/h17-22,26H,3-16H2,1-2H3. The summed E-state index contributed by atoms with van der Waals surface area (Å²) in [6.07, 6.45) is 11.2. The molecular weight excluding hydrogens is 374 g/mol. The highest BCUT2D eigenvalue weighted by Crippen LogP contribution is 2.47. The van der Waals surface area contributed by atoms with Gasteiger partial charge in [-0.25, -0.2) is 0 Å². The first-order valence-corrected chi connectivity index (χ1v) is 12.8. The molecule has 5 heteroatoms. The number of carbonyl (C=O) groups is 2. The number of nitrogens with zero attached hydrogens (tertiary/aromatic N) is 2. The molecule has 0 bridgehead atoms. The predicted molar refractivity (Wildman–Crippen MR) is 118 cm³/mol. The second kappa shape index (κ2) is 8.11. The van der Waals surface area contributed by atoms with Gasteiger partial charge < -0.3 is 15.1 Å². The van der Waals surface area contributed by atoms with Crippen molar-refractivity contribution in [2.75, 3.05) is 32.7 Å². The summed E-state index contributed by atoms with van der Waals surface area (Å²) in [5, 5.41) is 3.74. The molecule has 3 saturated carbocycles. The number of amides is 2. The van der Waals surface area contributed by atoms with E-state index in [1.165, 1.54) is 45.1 Å². The average Bonchev–Trinajstić information content (AvgIpc) is 3.34. The molecule has 5 aliphatic rings. The third kappa shape index (κ3) is 3.91. The second-order valence-electron chi connectivity index (χ2n) is 11.5. The highest BCUT2D eigenvalue weighted by atomic mass is 16.2. The molecule has 5 rings (SSSR count). The molecule has 0 radical (unpaired) electrons. The highest BCUT2D eigenvalue weighted by molar-refractivity contribution is 5.85. The number of piperazine rings is 1. The van der Waals surface area contributed by atoms with E-state index >= 15 is 0 Å². The number of carbonyl (C=O) groups excluding carboxylic acids is 2. The molecule has 2 saturated heterocycles. The van der Waals surface area contributed by atoms with Crippen molar-refractivity contribution in [3.63, 3.8) is 0 Å². The first-order chi connectivity index (χ1) is 14.4. The minimum absolute atomic E-state index is 0.0910. The van der Waals surface area contributed by atoms with Crippen LogP contribution in [-0.4, -0.2) is 60.4 Å². The Kier molecular flexibility index (Phi) is 5.62. The van der Waals surface area contributed by atoms with E-state index in [4.69, 9.17) is 0 Å². The Hall–Kier alpha value is -1.10. The van der Waals surface area contributed by atoms with Gasteiger partial charge in [0.05, 0.1) is 0 Å². The number of fused-ring (bicyclic) bond motifs is 1. The van der Waals surface area contributed by atoms with E-state index in [1.807, 2.05) is 4.90 Å². The van der Waals surface area contributed by atoms with E-state index in [2.05, 4.69) is 24.1 Å². The minimum atomic E-state index is -0.0910. The van der Waals surface area contributed by atoms with Crippen molar-refractivity contribution in [3.8, 4) is 0 Å². The van der Waals surface area contributed by atoms with Gasteiger partial charge in [-0.15, -0.1) is 0 Å². The molecule has 0 aromatic heterocycles. The van der Waals surface area contributed by atoms with Crippen molar-refractivity contribution in [1.29, 1.82) is 0 Å². The minimum Gasteiger partial charge on any atom is -0.339 e. The number of nitrogens with one attached hydrogen (secondary N) is 1. The number of rotatable bonds is 3. The Labute approximate surface area is 182 Å². The van der Waals surface area contributed by atoms with Gasteiger partial charge in [0.1, 0.15) is 0 Å². The summed E-state index contributed by atoms with van der Waals surface area (Å²) in [6, 6.07) is 0.773. The lowest BCUT2D eigenvalue weighted by atomic mass is 9.65. The van der Waals surface area contributed by atoms with Crippen LogP contribution in [0, 0.1) is 35.0 Å². The molecule has 0 aromatic rings. The Morgan fingerprint density at radius 1 is 0.833 bits per heavy atom. The van der Waals surface area contributed by atoms with Gasteiger partial charge in [0, 0.05) is 43.6 Å². The van der Waals surface area contributed by atoms with Crippen LogP contribution in [-0.2, 0) is 9.59 Å². The van der Waals surface area contributed by atoms with Crippen LogP contribution in [0.15, 0.2) is 0 Å². The van der Waals surface area contributed by atoms with Crippen LogP contribution >= 0.6 is 0 Å². The van der Waals surface area contributed by atoms with Gasteiger partial charge in [0.15, 0.2) is 0 Å². The number of hydrogen-bond donors (Lipinski definition) is 1. The van der Waals surface area contributed by atoms with Crippen LogP contribution in [0.5, 0.6) is 0 Å².